The van der Waals surface area contributed by atoms with E-state index in [1.165, 1.54) is 16.2 Å². The molecular weight excluding hydrogens is 666 g/mol. The van der Waals surface area contributed by atoms with Crippen LogP contribution >= 0.6 is 11.3 Å². The van der Waals surface area contributed by atoms with Gasteiger partial charge in [0.15, 0.2) is 5.69 Å². The average molecular weight is 697 g/mol. The number of likely N-dealkylation sites (tertiary alicyclic amines) is 1. The number of nitrogens with zero attached hydrogens (tertiary/aromatic N) is 4. The summed E-state index contributed by atoms with van der Waals surface area (Å²) in [5.74, 6) is -0.775. The Balaban J connectivity index is 1.18. The number of piperidine rings is 1. The number of hydrogen-bond donors (Lipinski definition) is 0. The van der Waals surface area contributed by atoms with Gasteiger partial charge in [-0.3, -0.25) is 9.48 Å². The van der Waals surface area contributed by atoms with E-state index in [0.717, 1.165) is 5.01 Å². The van der Waals surface area contributed by atoms with Crippen LogP contribution in [-0.2, 0) is 56.5 Å². The molecule has 2 aliphatic heterocycles. The van der Waals surface area contributed by atoms with Crippen molar-refractivity contribution >= 4 is 27.4 Å². The lowest BCUT2D eigenvalue weighted by atomic mass is 9.97. The highest BCUT2D eigenvalue weighted by atomic mass is 32.2. The summed E-state index contributed by atoms with van der Waals surface area (Å²) in [6, 6.07) is 4.93. The van der Waals surface area contributed by atoms with E-state index in [1.807, 2.05) is 6.92 Å². The van der Waals surface area contributed by atoms with E-state index in [2.05, 4.69) is 10.1 Å². The molecule has 5 rings (SSSR count). The second-order valence-electron chi connectivity index (χ2n) is 10.9. The van der Waals surface area contributed by atoms with E-state index in [-0.39, 0.29) is 54.5 Å². The molecule has 1 fully saturated rings. The van der Waals surface area contributed by atoms with Gasteiger partial charge in [-0.25, -0.2) is 4.98 Å². The molecule has 1 atom stereocenters. The predicted molar refractivity (Wildman–Crippen MR) is 151 cm³/mol. The van der Waals surface area contributed by atoms with Crippen molar-refractivity contribution in [1.29, 1.82) is 0 Å². The van der Waals surface area contributed by atoms with Crippen molar-refractivity contribution in [2.45, 2.75) is 76.9 Å². The van der Waals surface area contributed by atoms with Crippen molar-refractivity contribution in [1.82, 2.24) is 19.7 Å². The van der Waals surface area contributed by atoms with E-state index < -0.39 is 52.6 Å². The van der Waals surface area contributed by atoms with Gasteiger partial charge in [-0.1, -0.05) is 25.5 Å². The molecule has 3 aromatic rings. The third-order valence-corrected chi connectivity index (χ3v) is 9.84. The number of unbranched alkanes of at least 4 members (excludes halogenated alkanes) is 1. The molecule has 18 heteroatoms. The van der Waals surface area contributed by atoms with E-state index in [4.69, 9.17) is 13.7 Å². The van der Waals surface area contributed by atoms with E-state index >= 15 is 0 Å². The fourth-order valence-electron chi connectivity index (χ4n) is 5.14. The molecule has 46 heavy (non-hydrogen) atoms. The molecule has 0 radical (unpaired) electrons. The number of benzene rings is 1. The van der Waals surface area contributed by atoms with Crippen LogP contribution in [-0.4, -0.2) is 52.8 Å². The Bertz CT molecular complexity index is 1650. The Morgan fingerprint density at radius 3 is 2.48 bits per heavy atom. The molecule has 2 aliphatic rings. The van der Waals surface area contributed by atoms with Crippen molar-refractivity contribution in [3.05, 3.63) is 62.9 Å². The standard InChI is InChI=1S/C28H30F6N4O6S2/c1-2-3-11-46(40,41)44-21-6-4-5-18-14-42-26(43-15-19(18)21)20-16-45-25(35-20)17-7-9-37(10-8-17)24(39)13-38-23(28(32,33)34)12-22(36-38)27(29,30)31/h4-6,12,16-17,26H,2-3,7-11,13-15H2,1H3. The molecule has 2 aromatic heterocycles. The topological polar surface area (TPSA) is 113 Å². The van der Waals surface area contributed by atoms with Gasteiger partial charge in [0, 0.05) is 36.0 Å². The molecule has 0 N–H and O–H groups in total. The summed E-state index contributed by atoms with van der Waals surface area (Å²) in [5.41, 5.74) is -1.59. The van der Waals surface area contributed by atoms with Crippen molar-refractivity contribution in [3.8, 4) is 5.75 Å². The van der Waals surface area contributed by atoms with Crippen LogP contribution < -0.4 is 4.18 Å². The highest BCUT2D eigenvalue weighted by Crippen LogP contribution is 2.37. The zero-order chi connectivity index (χ0) is 33.3. The first-order chi connectivity index (χ1) is 21.6. The number of halogens is 6. The lowest BCUT2D eigenvalue weighted by Gasteiger charge is -2.31. The third-order valence-electron chi connectivity index (χ3n) is 7.59. The fourth-order valence-corrected chi connectivity index (χ4v) is 7.28. The minimum absolute atomic E-state index is 0.0175. The molecule has 0 aliphatic carbocycles. The third kappa shape index (κ3) is 8.01. The van der Waals surface area contributed by atoms with Crippen LogP contribution in [0, 0.1) is 0 Å². The summed E-state index contributed by atoms with van der Waals surface area (Å²) in [7, 11) is -3.78. The van der Waals surface area contributed by atoms with Gasteiger partial charge in [0.1, 0.15) is 23.7 Å². The molecule has 252 valence electrons. The highest BCUT2D eigenvalue weighted by molar-refractivity contribution is 7.87. The van der Waals surface area contributed by atoms with Crippen LogP contribution in [0.15, 0.2) is 29.6 Å². The van der Waals surface area contributed by atoms with Crippen LogP contribution in [0.2, 0.25) is 0 Å². The molecule has 1 amide bonds. The average Bonchev–Trinajstić information content (AvgIpc) is 3.60. The largest absolute Gasteiger partial charge is 0.435 e. The molecule has 10 nitrogen and oxygen atoms in total. The summed E-state index contributed by atoms with van der Waals surface area (Å²) >= 11 is 1.36. The number of thiazole rings is 1. The molecule has 0 spiro atoms. The number of hydrogen-bond acceptors (Lipinski definition) is 9. The van der Waals surface area contributed by atoms with Gasteiger partial charge in [0.25, 0.3) is 0 Å². The number of aromatic nitrogens is 3. The monoisotopic (exact) mass is 696 g/mol. The highest BCUT2D eigenvalue weighted by Gasteiger charge is 2.42. The van der Waals surface area contributed by atoms with Crippen molar-refractivity contribution in [2.75, 3.05) is 18.8 Å². The van der Waals surface area contributed by atoms with Crippen molar-refractivity contribution in [2.24, 2.45) is 0 Å². The SMILES string of the molecule is CCCCS(=O)(=O)Oc1cccc2c1COC(c1csc(C3CCN(C(=O)Cn4nc(C(F)(F)F)cc4C(F)(F)F)CC3)n1)OC2. The van der Waals surface area contributed by atoms with E-state index in [0.29, 0.717) is 42.5 Å². The van der Waals surface area contributed by atoms with Crippen LogP contribution in [0.1, 0.15) is 78.0 Å². The maximum atomic E-state index is 13.3. The van der Waals surface area contributed by atoms with Gasteiger partial charge in [0.05, 0.1) is 24.0 Å². The Labute approximate surface area is 264 Å². The summed E-state index contributed by atoms with van der Waals surface area (Å²) < 4.78 is 121. The number of carbonyl (C=O) groups is 1. The number of fused-ring (bicyclic) bond motifs is 1. The molecule has 4 heterocycles. The first-order valence-electron chi connectivity index (χ1n) is 14.4. The molecule has 1 saturated heterocycles. The van der Waals surface area contributed by atoms with E-state index in [9.17, 15) is 39.6 Å². The van der Waals surface area contributed by atoms with Crippen LogP contribution in [0.3, 0.4) is 0 Å². The predicted octanol–water partition coefficient (Wildman–Crippen LogP) is 6.04. The summed E-state index contributed by atoms with van der Waals surface area (Å²) in [6.45, 7) is 1.38. The normalized spacial score (nSPS) is 18.3. The van der Waals surface area contributed by atoms with Gasteiger partial charge in [-0.2, -0.15) is 39.9 Å². The summed E-state index contributed by atoms with van der Waals surface area (Å²) in [6.07, 6.45) is -9.02. The summed E-state index contributed by atoms with van der Waals surface area (Å²) in [5, 5.41) is 5.51. The maximum Gasteiger partial charge on any atom is 0.435 e. The minimum Gasteiger partial charge on any atom is -0.382 e. The zero-order valence-electron chi connectivity index (χ0n) is 24.4. The smallest absolute Gasteiger partial charge is 0.382 e. The van der Waals surface area contributed by atoms with Gasteiger partial charge in [-0.15, -0.1) is 11.3 Å². The number of alkyl halides is 6. The molecule has 0 bridgehead atoms. The van der Waals surface area contributed by atoms with Gasteiger partial charge in [-0.05, 0) is 30.9 Å². The second kappa shape index (κ2) is 13.5. The van der Waals surface area contributed by atoms with Crippen molar-refractivity contribution in [3.63, 3.8) is 0 Å². The molecule has 1 aromatic carbocycles. The van der Waals surface area contributed by atoms with Crippen LogP contribution in [0.4, 0.5) is 26.3 Å². The number of amides is 1. The second-order valence-corrected chi connectivity index (χ2v) is 13.5. The summed E-state index contributed by atoms with van der Waals surface area (Å²) in [4.78, 5) is 18.7. The molecule has 1 unspecified atom stereocenters. The first-order valence-corrected chi connectivity index (χ1v) is 16.8. The van der Waals surface area contributed by atoms with Crippen molar-refractivity contribution < 1.29 is 53.2 Å². The Morgan fingerprint density at radius 1 is 1.09 bits per heavy atom. The van der Waals surface area contributed by atoms with Gasteiger partial charge >= 0.3 is 22.5 Å². The Kier molecular flexibility index (Phi) is 10.0. The number of carbonyl (C=O) groups excluding carboxylic acids is 1. The van der Waals surface area contributed by atoms with E-state index in [1.54, 1.807) is 23.6 Å². The first kappa shape index (κ1) is 34.1. The molecule has 0 saturated carbocycles. The number of ether oxygens (including phenoxy) is 2. The Morgan fingerprint density at radius 2 is 1.80 bits per heavy atom. The quantitative estimate of drug-likeness (QED) is 0.197. The van der Waals surface area contributed by atoms with Crippen LogP contribution in [0.5, 0.6) is 5.75 Å². The molecular formula is C28H30F6N4O6S2. The minimum atomic E-state index is -5.12. The zero-order valence-corrected chi connectivity index (χ0v) is 26.1. The lowest BCUT2D eigenvalue weighted by molar-refractivity contribution is -0.155. The van der Waals surface area contributed by atoms with Gasteiger partial charge < -0.3 is 18.6 Å². The maximum absolute atomic E-state index is 13.3. The lowest BCUT2D eigenvalue weighted by Crippen LogP contribution is -2.40. The van der Waals surface area contributed by atoms with Crippen LogP contribution in [0.25, 0.3) is 0 Å². The Hall–Kier alpha value is -3.22. The number of rotatable bonds is 9. The fraction of sp³-hybridized carbons (Fsp3) is 0.536. The van der Waals surface area contributed by atoms with Gasteiger partial charge in [0.2, 0.25) is 12.2 Å².